The molecule has 10 heteroatoms. The molecule has 2 spiro atoms. The van der Waals surface area contributed by atoms with Crippen LogP contribution in [0.3, 0.4) is 0 Å². The van der Waals surface area contributed by atoms with Gasteiger partial charge in [0.25, 0.3) is 5.79 Å². The van der Waals surface area contributed by atoms with Crippen LogP contribution < -0.4 is 4.74 Å². The van der Waals surface area contributed by atoms with E-state index >= 15 is 0 Å². The molecule has 0 unspecified atom stereocenters. The number of carbonyl (C=O) groups excluding carboxylic acids is 1. The Morgan fingerprint density at radius 1 is 1.00 bits per heavy atom. The van der Waals surface area contributed by atoms with E-state index in [0.717, 1.165) is 0 Å². The van der Waals surface area contributed by atoms with Crippen molar-refractivity contribution in [3.63, 3.8) is 0 Å². The van der Waals surface area contributed by atoms with E-state index in [0.29, 0.717) is 16.7 Å². The van der Waals surface area contributed by atoms with Crippen LogP contribution in [-0.2, 0) is 25.6 Å². The van der Waals surface area contributed by atoms with Crippen LogP contribution in [0.1, 0.15) is 38.7 Å². The third-order valence-electron chi connectivity index (χ3n) is 7.11. The molecule has 8 nitrogen and oxygen atoms in total. The lowest BCUT2D eigenvalue weighted by atomic mass is 9.72. The summed E-state index contributed by atoms with van der Waals surface area (Å²) in [5, 5.41) is 32.1. The minimum absolute atomic E-state index is 0.0000559. The molecule has 0 radical (unpaired) electrons. The Hall–Kier alpha value is -2.07. The smallest absolute Gasteiger partial charge is 0.269 e. The molecule has 6 aliphatic rings. The molecule has 7 atom stereocenters. The number of Topliss-reactive ketones (excluding diaryl/α,β-unsaturated/α-hetero) is 1. The number of hydrogen-bond acceptors (Lipinski definition) is 8. The standard InChI is InChI=1S/C20H10Cl2O8/c21-4-1-3-9-7(11(4)23)13(25)16-18(28-16)20(9)29-6-2-5(22)12(24)8-10(6)19(3,30-20)17-15(27-17)14(8)26/h1-2,14-18,23-24,26H/t14-,15+,16+,17+,18+,19-,20-/m0/s1. The van der Waals surface area contributed by atoms with E-state index < -0.39 is 47.7 Å². The second-order valence-corrected chi connectivity index (χ2v) is 9.23. The van der Waals surface area contributed by atoms with Gasteiger partial charge in [0.05, 0.1) is 15.6 Å². The van der Waals surface area contributed by atoms with Crippen LogP contribution in [0.4, 0.5) is 0 Å². The molecule has 2 fully saturated rings. The predicted molar refractivity (Wildman–Crippen MR) is 97.0 cm³/mol. The number of ether oxygens (including phenoxy) is 4. The zero-order valence-electron chi connectivity index (χ0n) is 14.7. The number of halogens is 2. The van der Waals surface area contributed by atoms with Crippen LogP contribution in [0.2, 0.25) is 10.0 Å². The molecule has 2 bridgehead atoms. The van der Waals surface area contributed by atoms with Gasteiger partial charge in [-0.25, -0.2) is 0 Å². The van der Waals surface area contributed by atoms with Crippen molar-refractivity contribution in [2.75, 3.05) is 0 Å². The number of fused-ring (bicyclic) bond motifs is 2. The molecule has 0 aromatic heterocycles. The van der Waals surface area contributed by atoms with Crippen molar-refractivity contribution in [2.45, 2.75) is 41.9 Å². The van der Waals surface area contributed by atoms with Crippen molar-refractivity contribution in [1.29, 1.82) is 0 Å². The number of aliphatic hydroxyl groups excluding tert-OH is 1. The maximum atomic E-state index is 13.0. The highest BCUT2D eigenvalue weighted by molar-refractivity contribution is 6.33. The van der Waals surface area contributed by atoms with E-state index in [2.05, 4.69) is 0 Å². The lowest BCUT2D eigenvalue weighted by Crippen LogP contribution is -2.52. The number of phenols is 2. The van der Waals surface area contributed by atoms with Crippen LogP contribution in [-0.4, -0.2) is 45.5 Å². The molecular weight excluding hydrogens is 439 g/mol. The van der Waals surface area contributed by atoms with Gasteiger partial charge in [0.1, 0.15) is 35.6 Å². The summed E-state index contributed by atoms with van der Waals surface area (Å²) >= 11 is 12.6. The summed E-state index contributed by atoms with van der Waals surface area (Å²) in [5.74, 6) is -2.27. The van der Waals surface area contributed by atoms with Crippen molar-refractivity contribution < 1.29 is 39.1 Å². The molecule has 8 rings (SSSR count). The predicted octanol–water partition coefficient (Wildman–Crippen LogP) is 2.00. The van der Waals surface area contributed by atoms with Gasteiger partial charge < -0.3 is 34.3 Å². The number of aliphatic hydroxyl groups is 1. The molecule has 2 saturated heterocycles. The Morgan fingerprint density at radius 2 is 1.77 bits per heavy atom. The van der Waals surface area contributed by atoms with Gasteiger partial charge in [0.15, 0.2) is 23.6 Å². The average molecular weight is 449 g/mol. The van der Waals surface area contributed by atoms with Gasteiger partial charge in [-0.3, -0.25) is 4.79 Å². The van der Waals surface area contributed by atoms with Crippen molar-refractivity contribution in [3.8, 4) is 17.2 Å². The molecule has 4 heterocycles. The minimum atomic E-state index is -1.51. The van der Waals surface area contributed by atoms with E-state index in [9.17, 15) is 20.1 Å². The van der Waals surface area contributed by atoms with Gasteiger partial charge in [-0.2, -0.15) is 0 Å². The largest absolute Gasteiger partial charge is 0.506 e. The second-order valence-electron chi connectivity index (χ2n) is 8.41. The summed E-state index contributed by atoms with van der Waals surface area (Å²) in [6, 6.07) is 2.97. The van der Waals surface area contributed by atoms with Crippen molar-refractivity contribution >= 4 is 29.0 Å². The van der Waals surface area contributed by atoms with Crippen LogP contribution in [0.25, 0.3) is 0 Å². The summed E-state index contributed by atoms with van der Waals surface area (Å²) in [7, 11) is 0. The molecule has 2 aliphatic carbocycles. The Labute approximate surface area is 177 Å². The highest BCUT2D eigenvalue weighted by atomic mass is 35.5. The van der Waals surface area contributed by atoms with Crippen LogP contribution in [0, 0.1) is 0 Å². The number of hydrogen-bond donors (Lipinski definition) is 3. The Balaban J connectivity index is 1.58. The molecule has 0 amide bonds. The maximum absolute atomic E-state index is 13.0. The number of phenolic OH excluding ortho intramolecular Hbond substituents is 2. The number of benzene rings is 2. The highest BCUT2D eigenvalue weighted by Gasteiger charge is 2.81. The zero-order valence-corrected chi connectivity index (χ0v) is 16.2. The molecule has 152 valence electrons. The summed E-state index contributed by atoms with van der Waals surface area (Å²) in [6.07, 6.45) is -3.95. The quantitative estimate of drug-likeness (QED) is 0.523. The fourth-order valence-electron chi connectivity index (χ4n) is 5.90. The normalized spacial score (nSPS) is 42.0. The lowest BCUT2D eigenvalue weighted by molar-refractivity contribution is -0.263. The van der Waals surface area contributed by atoms with E-state index in [1.54, 1.807) is 0 Å². The van der Waals surface area contributed by atoms with Gasteiger partial charge in [-0.1, -0.05) is 23.2 Å². The average Bonchev–Trinajstić information content (AvgIpc) is 3.60. The minimum Gasteiger partial charge on any atom is -0.506 e. The van der Waals surface area contributed by atoms with Crippen LogP contribution in [0.5, 0.6) is 17.2 Å². The summed E-state index contributed by atoms with van der Waals surface area (Å²) in [5.41, 5.74) is 0.0604. The van der Waals surface area contributed by atoms with Gasteiger partial charge >= 0.3 is 0 Å². The molecule has 2 aromatic carbocycles. The summed E-state index contributed by atoms with van der Waals surface area (Å²) in [4.78, 5) is 13.0. The first kappa shape index (κ1) is 16.6. The van der Waals surface area contributed by atoms with Gasteiger partial charge in [0.2, 0.25) is 0 Å². The molecule has 2 aromatic rings. The fourth-order valence-corrected chi connectivity index (χ4v) is 6.30. The first-order chi connectivity index (χ1) is 14.3. The first-order valence-corrected chi connectivity index (χ1v) is 10.1. The number of carbonyl (C=O) groups is 1. The second kappa shape index (κ2) is 4.43. The van der Waals surface area contributed by atoms with E-state index in [1.165, 1.54) is 12.1 Å². The van der Waals surface area contributed by atoms with Crippen LogP contribution >= 0.6 is 23.2 Å². The fraction of sp³-hybridized carbons (Fsp3) is 0.350. The Bertz CT molecular complexity index is 1290. The van der Waals surface area contributed by atoms with Crippen molar-refractivity contribution in [2.24, 2.45) is 0 Å². The van der Waals surface area contributed by atoms with Crippen LogP contribution in [0.15, 0.2) is 12.1 Å². The summed E-state index contributed by atoms with van der Waals surface area (Å²) in [6.45, 7) is 0. The van der Waals surface area contributed by atoms with E-state index in [4.69, 9.17) is 42.1 Å². The van der Waals surface area contributed by atoms with Gasteiger partial charge in [-0.15, -0.1) is 0 Å². The first-order valence-electron chi connectivity index (χ1n) is 9.36. The molecule has 4 aliphatic heterocycles. The third-order valence-corrected chi connectivity index (χ3v) is 7.68. The molecular formula is C20H10Cl2O8. The monoisotopic (exact) mass is 448 g/mol. The number of epoxide rings is 2. The van der Waals surface area contributed by atoms with Gasteiger partial charge in [-0.05, 0) is 6.07 Å². The number of aromatic hydroxyl groups is 2. The van der Waals surface area contributed by atoms with Gasteiger partial charge in [0, 0.05) is 28.3 Å². The van der Waals surface area contributed by atoms with E-state index in [-0.39, 0.29) is 38.4 Å². The Morgan fingerprint density at radius 3 is 2.57 bits per heavy atom. The summed E-state index contributed by atoms with van der Waals surface area (Å²) < 4.78 is 24.3. The number of rotatable bonds is 0. The molecule has 30 heavy (non-hydrogen) atoms. The molecule has 3 N–H and O–H groups in total. The topological polar surface area (TPSA) is 121 Å². The van der Waals surface area contributed by atoms with Crippen molar-refractivity contribution in [3.05, 3.63) is 50.0 Å². The Kier molecular flexibility index (Phi) is 2.45. The van der Waals surface area contributed by atoms with Crippen molar-refractivity contribution in [1.82, 2.24) is 0 Å². The maximum Gasteiger partial charge on any atom is 0.269 e. The number of ketones is 1. The SMILES string of the molecule is O=C1c2c(O)c(Cl)cc3c2[C@@]2(Oc4cc(Cl)c(O)c5c4[C@]3(O2)[C@@H]2O[C@@H]2[C@H]5O)[C@@H]2O[C@H]12. The molecule has 0 saturated carbocycles. The zero-order chi connectivity index (χ0) is 20.5. The highest BCUT2D eigenvalue weighted by Crippen LogP contribution is 2.73. The lowest BCUT2D eigenvalue weighted by Gasteiger charge is -2.44. The third kappa shape index (κ3) is 1.41. The van der Waals surface area contributed by atoms with E-state index in [1.807, 2.05) is 0 Å².